The van der Waals surface area contributed by atoms with Crippen molar-refractivity contribution in [3.63, 3.8) is 0 Å². The maximum absolute atomic E-state index is 13.9. The smallest absolute Gasteiger partial charge is 0.257 e. The topological polar surface area (TPSA) is 20.3 Å². The molecule has 0 aliphatic heterocycles. The van der Waals surface area contributed by atoms with Gasteiger partial charge in [0.1, 0.15) is 5.82 Å². The zero-order valence-corrected chi connectivity index (χ0v) is 12.2. The summed E-state index contributed by atoms with van der Waals surface area (Å²) in [4.78, 5) is 14.4. The van der Waals surface area contributed by atoms with E-state index in [1.54, 1.807) is 4.90 Å². The average Bonchev–Trinajstić information content (AvgIpc) is 3.32. The fourth-order valence-electron chi connectivity index (χ4n) is 2.35. The number of benzene rings is 2. The normalized spacial score (nSPS) is 14.0. The second kappa shape index (κ2) is 5.86. The van der Waals surface area contributed by atoms with Crippen LogP contribution in [0.15, 0.2) is 48.5 Å². The molecule has 0 radical (unpaired) electrons. The lowest BCUT2D eigenvalue weighted by Crippen LogP contribution is -2.33. The van der Waals surface area contributed by atoms with E-state index in [0.717, 1.165) is 18.4 Å². The van der Waals surface area contributed by atoms with Crippen molar-refractivity contribution in [1.82, 2.24) is 4.90 Å². The Hall–Kier alpha value is -1.87. The van der Waals surface area contributed by atoms with Gasteiger partial charge in [-0.05, 0) is 36.6 Å². The van der Waals surface area contributed by atoms with Gasteiger partial charge in [-0.25, -0.2) is 4.39 Å². The molecular formula is C17H15ClFNO. The SMILES string of the molecule is O=C(c1cc(Cl)ccc1F)N(Cc1ccccc1)C1CC1. The second-order valence-electron chi connectivity index (χ2n) is 5.27. The average molecular weight is 304 g/mol. The van der Waals surface area contributed by atoms with E-state index in [1.807, 2.05) is 30.3 Å². The molecule has 1 aliphatic carbocycles. The lowest BCUT2D eigenvalue weighted by atomic mass is 10.1. The number of carbonyl (C=O) groups is 1. The van der Waals surface area contributed by atoms with Crippen molar-refractivity contribution >= 4 is 17.5 Å². The van der Waals surface area contributed by atoms with E-state index in [1.165, 1.54) is 18.2 Å². The van der Waals surface area contributed by atoms with Crippen molar-refractivity contribution in [2.75, 3.05) is 0 Å². The lowest BCUT2D eigenvalue weighted by Gasteiger charge is -2.23. The van der Waals surface area contributed by atoms with E-state index in [4.69, 9.17) is 11.6 Å². The van der Waals surface area contributed by atoms with Gasteiger partial charge in [0, 0.05) is 17.6 Å². The predicted molar refractivity (Wildman–Crippen MR) is 80.7 cm³/mol. The summed E-state index contributed by atoms with van der Waals surface area (Å²) in [5.41, 5.74) is 1.09. The van der Waals surface area contributed by atoms with Crippen LogP contribution in [-0.4, -0.2) is 16.8 Å². The zero-order chi connectivity index (χ0) is 14.8. The molecule has 2 aromatic carbocycles. The van der Waals surface area contributed by atoms with Crippen LogP contribution in [0.3, 0.4) is 0 Å². The van der Waals surface area contributed by atoms with Crippen LogP contribution in [0.2, 0.25) is 5.02 Å². The molecular weight excluding hydrogens is 289 g/mol. The largest absolute Gasteiger partial charge is 0.331 e. The number of carbonyl (C=O) groups excluding carboxylic acids is 1. The van der Waals surface area contributed by atoms with Gasteiger partial charge in [0.2, 0.25) is 0 Å². The summed E-state index contributed by atoms with van der Waals surface area (Å²) in [6.07, 6.45) is 1.95. The molecule has 3 rings (SSSR count). The standard InChI is InChI=1S/C17H15ClFNO/c18-13-6-9-16(19)15(10-13)17(21)20(14-7-8-14)11-12-4-2-1-3-5-12/h1-6,9-10,14H,7-8,11H2. The van der Waals surface area contributed by atoms with Gasteiger partial charge in [0.15, 0.2) is 0 Å². The molecule has 1 amide bonds. The molecule has 21 heavy (non-hydrogen) atoms. The predicted octanol–water partition coefficient (Wildman–Crippen LogP) is 4.28. The summed E-state index contributed by atoms with van der Waals surface area (Å²) in [5.74, 6) is -0.815. The Morgan fingerprint density at radius 1 is 1.19 bits per heavy atom. The molecule has 1 aliphatic rings. The number of amides is 1. The molecule has 0 spiro atoms. The van der Waals surface area contributed by atoms with Crippen LogP contribution >= 0.6 is 11.6 Å². The maximum atomic E-state index is 13.9. The summed E-state index contributed by atoms with van der Waals surface area (Å²) in [6, 6.07) is 14.0. The first-order chi connectivity index (χ1) is 10.1. The Morgan fingerprint density at radius 3 is 2.57 bits per heavy atom. The van der Waals surface area contributed by atoms with Crippen LogP contribution in [0.1, 0.15) is 28.8 Å². The van der Waals surface area contributed by atoms with Crippen molar-refractivity contribution in [3.05, 3.63) is 70.5 Å². The molecule has 2 nitrogen and oxygen atoms in total. The Labute approximate surface area is 128 Å². The lowest BCUT2D eigenvalue weighted by molar-refractivity contribution is 0.0725. The van der Waals surface area contributed by atoms with Gasteiger partial charge in [-0.15, -0.1) is 0 Å². The molecule has 1 fully saturated rings. The third kappa shape index (κ3) is 3.24. The molecule has 2 aromatic rings. The minimum absolute atomic E-state index is 0.0466. The fraction of sp³-hybridized carbons (Fsp3) is 0.235. The summed E-state index contributed by atoms with van der Waals surface area (Å²) in [7, 11) is 0. The highest BCUT2D eigenvalue weighted by molar-refractivity contribution is 6.31. The van der Waals surface area contributed by atoms with Gasteiger partial charge < -0.3 is 4.90 Å². The van der Waals surface area contributed by atoms with Crippen LogP contribution < -0.4 is 0 Å². The first-order valence-electron chi connectivity index (χ1n) is 6.95. The monoisotopic (exact) mass is 303 g/mol. The third-order valence-corrected chi connectivity index (χ3v) is 3.84. The van der Waals surface area contributed by atoms with Crippen molar-refractivity contribution < 1.29 is 9.18 Å². The van der Waals surface area contributed by atoms with E-state index in [-0.39, 0.29) is 17.5 Å². The van der Waals surface area contributed by atoms with Crippen molar-refractivity contribution in [2.45, 2.75) is 25.4 Å². The minimum Gasteiger partial charge on any atom is -0.331 e. The Morgan fingerprint density at radius 2 is 1.90 bits per heavy atom. The Bertz CT molecular complexity index is 655. The van der Waals surface area contributed by atoms with Gasteiger partial charge in [0.05, 0.1) is 5.56 Å². The molecule has 1 saturated carbocycles. The van der Waals surface area contributed by atoms with E-state index in [9.17, 15) is 9.18 Å². The number of nitrogens with zero attached hydrogens (tertiary/aromatic N) is 1. The third-order valence-electron chi connectivity index (χ3n) is 3.60. The fourth-order valence-corrected chi connectivity index (χ4v) is 2.52. The highest BCUT2D eigenvalue weighted by Crippen LogP contribution is 2.30. The molecule has 0 bridgehead atoms. The zero-order valence-electron chi connectivity index (χ0n) is 11.4. The van der Waals surface area contributed by atoms with Crippen LogP contribution in [0.5, 0.6) is 0 Å². The maximum Gasteiger partial charge on any atom is 0.257 e. The van der Waals surface area contributed by atoms with Crippen LogP contribution in [-0.2, 0) is 6.54 Å². The van der Waals surface area contributed by atoms with Gasteiger partial charge in [-0.2, -0.15) is 0 Å². The molecule has 0 atom stereocenters. The molecule has 0 aromatic heterocycles. The Kier molecular flexibility index (Phi) is 3.93. The molecule has 0 heterocycles. The summed E-state index contributed by atoms with van der Waals surface area (Å²) < 4.78 is 13.9. The van der Waals surface area contributed by atoms with Crippen LogP contribution in [0.4, 0.5) is 4.39 Å². The van der Waals surface area contributed by atoms with Crippen LogP contribution in [0.25, 0.3) is 0 Å². The number of hydrogen-bond donors (Lipinski definition) is 0. The number of hydrogen-bond acceptors (Lipinski definition) is 1. The molecule has 0 unspecified atom stereocenters. The van der Waals surface area contributed by atoms with Crippen LogP contribution in [0, 0.1) is 5.82 Å². The van der Waals surface area contributed by atoms with E-state index in [2.05, 4.69) is 0 Å². The molecule has 4 heteroatoms. The van der Waals surface area contributed by atoms with E-state index < -0.39 is 5.82 Å². The highest BCUT2D eigenvalue weighted by atomic mass is 35.5. The van der Waals surface area contributed by atoms with Crippen molar-refractivity contribution in [1.29, 1.82) is 0 Å². The Balaban J connectivity index is 1.87. The summed E-state index contributed by atoms with van der Waals surface area (Å²) >= 11 is 5.88. The molecule has 0 saturated heterocycles. The highest BCUT2D eigenvalue weighted by Gasteiger charge is 2.34. The number of rotatable bonds is 4. The second-order valence-corrected chi connectivity index (χ2v) is 5.71. The number of halogens is 2. The van der Waals surface area contributed by atoms with E-state index >= 15 is 0 Å². The molecule has 0 N–H and O–H groups in total. The van der Waals surface area contributed by atoms with Gasteiger partial charge in [0.25, 0.3) is 5.91 Å². The van der Waals surface area contributed by atoms with Crippen molar-refractivity contribution in [2.24, 2.45) is 0 Å². The van der Waals surface area contributed by atoms with Crippen molar-refractivity contribution in [3.8, 4) is 0 Å². The minimum atomic E-state index is -0.525. The summed E-state index contributed by atoms with van der Waals surface area (Å²) in [5, 5.41) is 0.371. The quantitative estimate of drug-likeness (QED) is 0.825. The van der Waals surface area contributed by atoms with Gasteiger partial charge in [-0.3, -0.25) is 4.79 Å². The van der Waals surface area contributed by atoms with Gasteiger partial charge >= 0.3 is 0 Å². The first-order valence-corrected chi connectivity index (χ1v) is 7.33. The van der Waals surface area contributed by atoms with Gasteiger partial charge in [-0.1, -0.05) is 41.9 Å². The first kappa shape index (κ1) is 14.1. The van der Waals surface area contributed by atoms with E-state index in [0.29, 0.717) is 11.6 Å². The summed E-state index contributed by atoms with van der Waals surface area (Å²) in [6.45, 7) is 0.496. The molecule has 108 valence electrons.